The van der Waals surface area contributed by atoms with Gasteiger partial charge in [-0.3, -0.25) is 0 Å². The molecule has 2 aliphatic heterocycles. The predicted molar refractivity (Wildman–Crippen MR) is 139 cm³/mol. The lowest BCUT2D eigenvalue weighted by molar-refractivity contribution is -0.815. The highest BCUT2D eigenvalue weighted by Crippen LogP contribution is 2.50. The van der Waals surface area contributed by atoms with E-state index in [0.29, 0.717) is 0 Å². The lowest BCUT2D eigenvalue weighted by atomic mass is 10.1. The Morgan fingerprint density at radius 1 is 0.629 bits per heavy atom. The van der Waals surface area contributed by atoms with Gasteiger partial charge in [-0.2, -0.15) is 0 Å². The van der Waals surface area contributed by atoms with E-state index in [1.807, 2.05) is 18.2 Å². The zero-order valence-electron chi connectivity index (χ0n) is 20.4. The molecule has 35 heavy (non-hydrogen) atoms. The summed E-state index contributed by atoms with van der Waals surface area (Å²) < 4.78 is 4.19. The van der Waals surface area contributed by atoms with Gasteiger partial charge in [-0.15, -0.1) is 0 Å². The second-order valence-electron chi connectivity index (χ2n) is 9.15. The first-order valence-corrected chi connectivity index (χ1v) is 11.8. The highest BCUT2D eigenvalue weighted by Gasteiger charge is 2.70. The maximum absolute atomic E-state index is 5.31. The Bertz CT molecular complexity index is 1490. The largest absolute Gasteiger partial charge is 0.590 e. The third-order valence-electron chi connectivity index (χ3n) is 6.89. The molecule has 0 radical (unpaired) electrons. The molecule has 4 aromatic carbocycles. The van der Waals surface area contributed by atoms with E-state index in [1.165, 1.54) is 11.1 Å². The van der Waals surface area contributed by atoms with Gasteiger partial charge >= 0.3 is 5.91 Å². The van der Waals surface area contributed by atoms with Crippen LogP contribution in [0.3, 0.4) is 0 Å². The Kier molecular flexibility index (Phi) is 4.78. The summed E-state index contributed by atoms with van der Waals surface area (Å²) >= 11 is 0. The first-order valence-electron chi connectivity index (χ1n) is 11.8. The third kappa shape index (κ3) is 3.03. The van der Waals surface area contributed by atoms with Crippen LogP contribution in [-0.4, -0.2) is 29.4 Å². The van der Waals surface area contributed by atoms with E-state index < -0.39 is 5.91 Å². The van der Waals surface area contributed by atoms with Gasteiger partial charge in [-0.25, -0.2) is 9.80 Å². The number of aryl methyl sites for hydroxylation is 2. The molecule has 1 atom stereocenters. The van der Waals surface area contributed by atoms with E-state index in [-0.39, 0.29) is 0 Å². The monoisotopic (exact) mass is 460 g/mol. The summed E-state index contributed by atoms with van der Waals surface area (Å²) in [5.41, 5.74) is 8.31. The van der Waals surface area contributed by atoms with Crippen LogP contribution in [0.4, 0.5) is 34.1 Å². The summed E-state index contributed by atoms with van der Waals surface area (Å²) in [4.78, 5) is 4.59. The minimum Gasteiger partial charge on any atom is -0.228 e. The summed E-state index contributed by atoms with van der Waals surface area (Å²) in [6, 6.07) is 33.3. The first-order chi connectivity index (χ1) is 17.0. The molecule has 0 N–H and O–H groups in total. The van der Waals surface area contributed by atoms with Gasteiger partial charge in [-0.05, 0) is 43.2 Å². The second kappa shape index (κ2) is 7.87. The summed E-state index contributed by atoms with van der Waals surface area (Å²) in [6.45, 7) is 4.28. The molecule has 2 aliphatic rings. The normalized spacial score (nSPS) is 18.6. The zero-order chi connectivity index (χ0) is 24.2. The number of hydrogen-bond donors (Lipinski definition) is 0. The van der Waals surface area contributed by atoms with Crippen molar-refractivity contribution in [2.45, 2.75) is 19.8 Å². The lowest BCUT2D eigenvalue weighted by Crippen LogP contribution is -2.71. The number of anilines is 2. The average Bonchev–Trinajstić information content (AvgIpc) is 2.88. The Labute approximate surface area is 205 Å². The second-order valence-corrected chi connectivity index (χ2v) is 9.15. The van der Waals surface area contributed by atoms with Crippen LogP contribution in [0, 0.1) is 13.8 Å². The van der Waals surface area contributed by atoms with E-state index in [4.69, 9.17) is 10.2 Å². The molecular weight excluding hydrogens is 432 g/mol. The van der Waals surface area contributed by atoms with Crippen molar-refractivity contribution in [3.8, 4) is 0 Å². The van der Waals surface area contributed by atoms with Gasteiger partial charge in [0.25, 0.3) is 0 Å². The Morgan fingerprint density at radius 2 is 1.17 bits per heavy atom. The number of benzene rings is 4. The van der Waals surface area contributed by atoms with Crippen molar-refractivity contribution >= 4 is 34.1 Å². The summed E-state index contributed by atoms with van der Waals surface area (Å²) in [5, 5.41) is 10.5. The number of hydrogen-bond acceptors (Lipinski definition) is 4. The summed E-state index contributed by atoms with van der Waals surface area (Å²) in [7, 11) is 4.27. The van der Waals surface area contributed by atoms with E-state index in [0.717, 1.165) is 34.1 Å². The van der Waals surface area contributed by atoms with E-state index in [1.54, 1.807) is 0 Å². The fraction of sp³-hybridized carbons (Fsp3) is 0.172. The van der Waals surface area contributed by atoms with Crippen LogP contribution in [-0.2, 0) is 0 Å². The van der Waals surface area contributed by atoms with Gasteiger partial charge in [0.05, 0.1) is 11.4 Å². The fourth-order valence-electron chi connectivity index (χ4n) is 5.43. The van der Waals surface area contributed by atoms with E-state index in [9.17, 15) is 0 Å². The Morgan fingerprint density at radius 3 is 1.80 bits per heavy atom. The molecule has 6 nitrogen and oxygen atoms in total. The van der Waals surface area contributed by atoms with Crippen molar-refractivity contribution in [3.63, 3.8) is 0 Å². The highest BCUT2D eigenvalue weighted by molar-refractivity contribution is 5.75. The molecule has 0 saturated carbocycles. The summed E-state index contributed by atoms with van der Waals surface area (Å²) in [6.07, 6.45) is 0. The molecule has 6 rings (SSSR count). The zero-order valence-corrected chi connectivity index (χ0v) is 20.4. The van der Waals surface area contributed by atoms with Gasteiger partial charge in [0.15, 0.2) is 11.4 Å². The molecule has 0 saturated heterocycles. The number of rotatable bonds is 2. The Balaban J connectivity index is 1.76. The highest BCUT2D eigenvalue weighted by atomic mass is 15.7. The van der Waals surface area contributed by atoms with Crippen LogP contribution in [0.2, 0.25) is 0 Å². The third-order valence-corrected chi connectivity index (χ3v) is 6.89. The molecule has 6 heteroatoms. The maximum Gasteiger partial charge on any atom is 0.590 e. The number of nitrogens with zero attached hydrogens (tertiary/aromatic N) is 6. The predicted octanol–water partition coefficient (Wildman–Crippen LogP) is 7.37. The topological polar surface area (TPSA) is 37.2 Å². The number of azo groups is 4. The number of para-hydroxylation sites is 3. The van der Waals surface area contributed by atoms with E-state index in [2.05, 4.69) is 126 Å². The average molecular weight is 461 g/mol. The van der Waals surface area contributed by atoms with Crippen LogP contribution in [0.25, 0.3) is 0 Å². The summed E-state index contributed by atoms with van der Waals surface area (Å²) in [5.74, 6) is -0.913. The molecule has 1 unspecified atom stereocenters. The molecule has 1 spiro atoms. The van der Waals surface area contributed by atoms with Crippen molar-refractivity contribution in [1.29, 1.82) is 0 Å². The van der Waals surface area contributed by atoms with Gasteiger partial charge in [0.2, 0.25) is 11.4 Å². The van der Waals surface area contributed by atoms with Crippen molar-refractivity contribution in [3.05, 3.63) is 108 Å². The SMILES string of the molecule is Cc1cc(C)c2c(c1)N=[N+](c1ccccc1)C1(N(C)c3ccccc3N=[N+]1c1ccccc1)N2C. The van der Waals surface area contributed by atoms with Gasteiger partial charge in [-0.1, -0.05) is 54.6 Å². The molecule has 2 heterocycles. The molecule has 0 aromatic heterocycles. The van der Waals surface area contributed by atoms with Crippen LogP contribution >= 0.6 is 0 Å². The van der Waals surface area contributed by atoms with Crippen molar-refractivity contribution in [2.75, 3.05) is 23.9 Å². The minimum absolute atomic E-state index is 0.913. The van der Waals surface area contributed by atoms with Gasteiger partial charge < -0.3 is 0 Å². The molecule has 0 aliphatic carbocycles. The van der Waals surface area contributed by atoms with Crippen LogP contribution in [0.5, 0.6) is 0 Å². The molecule has 4 aromatic rings. The van der Waals surface area contributed by atoms with Crippen LogP contribution in [0.15, 0.2) is 107 Å². The molecule has 0 amide bonds. The quantitative estimate of drug-likeness (QED) is 0.293. The fourth-order valence-corrected chi connectivity index (χ4v) is 5.43. The van der Waals surface area contributed by atoms with Crippen molar-refractivity contribution in [1.82, 2.24) is 0 Å². The smallest absolute Gasteiger partial charge is 0.228 e. The standard InChI is InChI=1S/C29H28N6/c1-21-19-22(2)28-26(20-21)31-35(24-15-9-6-10-16-24)29(33(28)4)32(3)27-18-12-11-17-25(27)30-34(29)23-13-7-5-8-14-23/h5-20H,1-4H3/q+2. The Hall–Kier alpha value is -4.32. The van der Waals surface area contributed by atoms with Gasteiger partial charge in [0, 0.05) is 58.0 Å². The molecule has 172 valence electrons. The molecule has 0 bridgehead atoms. The van der Waals surface area contributed by atoms with Crippen LogP contribution < -0.4 is 9.80 Å². The lowest BCUT2D eigenvalue weighted by Gasteiger charge is -2.41. The van der Waals surface area contributed by atoms with Crippen molar-refractivity contribution < 1.29 is 9.39 Å². The van der Waals surface area contributed by atoms with E-state index >= 15 is 0 Å². The number of fused-ring (bicyclic) bond motifs is 2. The van der Waals surface area contributed by atoms with Gasteiger partial charge in [0.1, 0.15) is 0 Å². The molecular formula is C29H28N6+2. The maximum atomic E-state index is 5.31. The first kappa shape index (κ1) is 21.2. The molecule has 0 fully saturated rings. The van der Waals surface area contributed by atoms with Crippen LogP contribution in [0.1, 0.15) is 11.1 Å². The van der Waals surface area contributed by atoms with Crippen molar-refractivity contribution in [2.24, 2.45) is 10.2 Å². The minimum atomic E-state index is -0.913.